The van der Waals surface area contributed by atoms with E-state index in [0.29, 0.717) is 18.0 Å². The molecule has 0 fully saturated rings. The highest BCUT2D eigenvalue weighted by Gasteiger charge is 2.10. The van der Waals surface area contributed by atoms with Crippen LogP contribution in [-0.4, -0.2) is 20.3 Å². The predicted octanol–water partition coefficient (Wildman–Crippen LogP) is 1.87. The summed E-state index contributed by atoms with van der Waals surface area (Å²) >= 11 is 5.92. The van der Waals surface area contributed by atoms with Gasteiger partial charge in [-0.1, -0.05) is 11.6 Å². The molecule has 0 spiro atoms. The van der Waals surface area contributed by atoms with Gasteiger partial charge in [0.05, 0.1) is 12.8 Å². The van der Waals surface area contributed by atoms with Gasteiger partial charge in [-0.3, -0.25) is 0 Å². The predicted molar refractivity (Wildman–Crippen MR) is 58.4 cm³/mol. The van der Waals surface area contributed by atoms with Crippen molar-refractivity contribution >= 4 is 28.7 Å². The van der Waals surface area contributed by atoms with Crippen molar-refractivity contribution in [3.63, 3.8) is 0 Å². The maximum atomic E-state index is 5.92. The fourth-order valence-corrected chi connectivity index (χ4v) is 1.50. The molecule has 3 heterocycles. The van der Waals surface area contributed by atoms with Crippen LogP contribution in [0.15, 0.2) is 27.4 Å². The van der Waals surface area contributed by atoms with Crippen molar-refractivity contribution in [1.82, 2.24) is 20.3 Å². The Morgan fingerprint density at radius 1 is 1.24 bits per heavy atom. The number of nitrogens with zero attached hydrogens (tertiary/aromatic N) is 4. The molecule has 7 nitrogen and oxygen atoms in total. The summed E-state index contributed by atoms with van der Waals surface area (Å²) in [6, 6.07) is 3.64. The zero-order valence-corrected chi connectivity index (χ0v) is 9.18. The maximum Gasteiger partial charge on any atom is 0.245 e. The summed E-state index contributed by atoms with van der Waals surface area (Å²) in [6.45, 7) is 0.457. The first-order valence-corrected chi connectivity index (χ1v) is 5.13. The molecule has 3 rings (SSSR count). The van der Waals surface area contributed by atoms with E-state index in [1.807, 2.05) is 6.07 Å². The lowest BCUT2D eigenvalue weighted by atomic mass is 10.4. The lowest BCUT2D eigenvalue weighted by Gasteiger charge is -2.03. The first kappa shape index (κ1) is 10.0. The van der Waals surface area contributed by atoms with E-state index in [-0.39, 0.29) is 10.8 Å². The number of furan rings is 1. The van der Waals surface area contributed by atoms with E-state index in [9.17, 15) is 0 Å². The van der Waals surface area contributed by atoms with Gasteiger partial charge in [0.2, 0.25) is 11.3 Å². The Hall–Kier alpha value is -2.15. The average molecular weight is 252 g/mol. The standard InChI is InChI=1S/C9H6ClN5O2/c10-6-7(11-4-5-2-1-3-16-5)13-9-8(12-6)14-17-15-9/h1-3H,4H2,(H,11,13,15). The fraction of sp³-hybridized carbons (Fsp3) is 0.111. The molecule has 0 unspecified atom stereocenters. The zero-order chi connectivity index (χ0) is 11.7. The molecule has 0 atom stereocenters. The van der Waals surface area contributed by atoms with Crippen LogP contribution in [-0.2, 0) is 6.54 Å². The van der Waals surface area contributed by atoms with Crippen LogP contribution in [0.3, 0.4) is 0 Å². The molecule has 0 aliphatic heterocycles. The van der Waals surface area contributed by atoms with Gasteiger partial charge >= 0.3 is 0 Å². The molecule has 3 aromatic heterocycles. The molecule has 3 aromatic rings. The highest BCUT2D eigenvalue weighted by atomic mass is 35.5. The highest BCUT2D eigenvalue weighted by molar-refractivity contribution is 6.32. The third-order valence-corrected chi connectivity index (χ3v) is 2.35. The van der Waals surface area contributed by atoms with Crippen molar-refractivity contribution in [2.45, 2.75) is 6.54 Å². The van der Waals surface area contributed by atoms with Crippen LogP contribution in [0.5, 0.6) is 0 Å². The van der Waals surface area contributed by atoms with Crippen molar-refractivity contribution in [3.8, 4) is 0 Å². The van der Waals surface area contributed by atoms with E-state index >= 15 is 0 Å². The molecule has 0 bridgehead atoms. The second-order valence-corrected chi connectivity index (χ2v) is 3.57. The van der Waals surface area contributed by atoms with Crippen LogP contribution in [0, 0.1) is 0 Å². The SMILES string of the molecule is Clc1nc2nonc2nc1NCc1ccco1. The Kier molecular flexibility index (Phi) is 2.37. The van der Waals surface area contributed by atoms with Crippen molar-refractivity contribution < 1.29 is 9.05 Å². The van der Waals surface area contributed by atoms with E-state index < -0.39 is 0 Å². The van der Waals surface area contributed by atoms with Crippen LogP contribution >= 0.6 is 11.6 Å². The quantitative estimate of drug-likeness (QED) is 0.760. The normalized spacial score (nSPS) is 10.9. The molecule has 0 amide bonds. The molecule has 86 valence electrons. The highest BCUT2D eigenvalue weighted by Crippen LogP contribution is 2.19. The van der Waals surface area contributed by atoms with Crippen LogP contribution in [0.1, 0.15) is 5.76 Å². The van der Waals surface area contributed by atoms with Gasteiger partial charge in [0.15, 0.2) is 11.0 Å². The lowest BCUT2D eigenvalue weighted by molar-refractivity contribution is 0.314. The summed E-state index contributed by atoms with van der Waals surface area (Å²) < 4.78 is 9.66. The minimum Gasteiger partial charge on any atom is -0.467 e. The fourth-order valence-electron chi connectivity index (χ4n) is 1.31. The maximum absolute atomic E-state index is 5.92. The molecule has 0 aliphatic rings. The Bertz CT molecular complexity index is 636. The van der Waals surface area contributed by atoms with E-state index in [2.05, 4.69) is 30.2 Å². The van der Waals surface area contributed by atoms with Crippen molar-refractivity contribution in [2.75, 3.05) is 5.32 Å². The monoisotopic (exact) mass is 251 g/mol. The molecule has 0 radical (unpaired) electrons. The second-order valence-electron chi connectivity index (χ2n) is 3.21. The minimum absolute atomic E-state index is 0.208. The van der Waals surface area contributed by atoms with E-state index in [1.165, 1.54) is 0 Å². The second kappa shape index (κ2) is 4.02. The number of nitrogens with one attached hydrogen (secondary N) is 1. The molecular weight excluding hydrogens is 246 g/mol. The molecular formula is C9H6ClN5O2. The number of anilines is 1. The first-order valence-electron chi connectivity index (χ1n) is 4.75. The molecule has 8 heteroatoms. The molecule has 0 aromatic carbocycles. The van der Waals surface area contributed by atoms with Crippen LogP contribution in [0.2, 0.25) is 5.15 Å². The minimum atomic E-state index is 0.208. The summed E-state index contributed by atoms with van der Waals surface area (Å²) in [5.74, 6) is 1.17. The lowest BCUT2D eigenvalue weighted by Crippen LogP contribution is -2.02. The van der Waals surface area contributed by atoms with Gasteiger partial charge in [0, 0.05) is 0 Å². The van der Waals surface area contributed by atoms with Gasteiger partial charge in [-0.05, 0) is 22.4 Å². The Balaban J connectivity index is 1.86. The molecule has 0 saturated carbocycles. The largest absolute Gasteiger partial charge is 0.467 e. The summed E-state index contributed by atoms with van der Waals surface area (Å²) in [7, 11) is 0. The number of halogens is 1. The summed E-state index contributed by atoms with van der Waals surface area (Å²) in [6.07, 6.45) is 1.59. The number of rotatable bonds is 3. The Morgan fingerprint density at radius 3 is 2.82 bits per heavy atom. The van der Waals surface area contributed by atoms with Crippen molar-refractivity contribution in [2.24, 2.45) is 0 Å². The number of fused-ring (bicyclic) bond motifs is 1. The van der Waals surface area contributed by atoms with Gasteiger partial charge in [0.25, 0.3) is 0 Å². The third-order valence-electron chi connectivity index (χ3n) is 2.08. The number of aromatic nitrogens is 4. The van der Waals surface area contributed by atoms with Gasteiger partial charge in [-0.2, -0.15) is 0 Å². The van der Waals surface area contributed by atoms with Crippen LogP contribution in [0.25, 0.3) is 11.3 Å². The van der Waals surface area contributed by atoms with Crippen LogP contribution < -0.4 is 5.32 Å². The molecule has 1 N–H and O–H groups in total. The van der Waals surface area contributed by atoms with E-state index in [1.54, 1.807) is 12.3 Å². The van der Waals surface area contributed by atoms with Crippen LogP contribution in [0.4, 0.5) is 5.82 Å². The third kappa shape index (κ3) is 1.92. The molecule has 17 heavy (non-hydrogen) atoms. The average Bonchev–Trinajstić information content (AvgIpc) is 2.95. The topological polar surface area (TPSA) is 89.9 Å². The Morgan fingerprint density at radius 2 is 2.06 bits per heavy atom. The summed E-state index contributed by atoms with van der Waals surface area (Å²) in [4.78, 5) is 8.10. The molecule has 0 saturated heterocycles. The number of hydrogen-bond donors (Lipinski definition) is 1. The van der Waals surface area contributed by atoms with Crippen molar-refractivity contribution in [1.29, 1.82) is 0 Å². The zero-order valence-electron chi connectivity index (χ0n) is 8.42. The molecule has 0 aliphatic carbocycles. The van der Waals surface area contributed by atoms with Gasteiger partial charge in [0.1, 0.15) is 5.76 Å². The van der Waals surface area contributed by atoms with Crippen molar-refractivity contribution in [3.05, 3.63) is 29.3 Å². The van der Waals surface area contributed by atoms with Gasteiger partial charge in [-0.25, -0.2) is 14.6 Å². The van der Waals surface area contributed by atoms with Gasteiger partial charge < -0.3 is 9.73 Å². The Labute approximate surface area is 99.8 Å². The summed E-state index contributed by atoms with van der Waals surface area (Å²) in [5, 5.41) is 10.3. The smallest absolute Gasteiger partial charge is 0.245 e. The number of hydrogen-bond acceptors (Lipinski definition) is 7. The summed E-state index contributed by atoms with van der Waals surface area (Å²) in [5.41, 5.74) is 0.579. The van der Waals surface area contributed by atoms with E-state index in [0.717, 1.165) is 5.76 Å². The van der Waals surface area contributed by atoms with E-state index in [4.69, 9.17) is 16.0 Å². The first-order chi connectivity index (χ1) is 8.33. The van der Waals surface area contributed by atoms with Gasteiger partial charge in [-0.15, -0.1) is 0 Å².